The van der Waals surface area contributed by atoms with Crippen LogP contribution in [0.5, 0.6) is 0 Å². The fraction of sp³-hybridized carbons (Fsp3) is 0.971. The Morgan fingerprint density at radius 3 is 1.64 bits per heavy atom. The molecule has 0 aromatic rings. The number of aliphatic hydroxyl groups is 8. The van der Waals surface area contributed by atoms with E-state index in [0.717, 1.165) is 18.6 Å². The molecule has 4 aliphatic rings. The predicted molar refractivity (Wildman–Crippen MR) is 191 cm³/mol. The molecule has 0 aromatic carbocycles. The molecule has 0 radical (unpaired) electrons. The molecule has 0 unspecified atom stereocenters. The summed E-state index contributed by atoms with van der Waals surface area (Å²) in [6.07, 6.45) is -23.6. The molecule has 55 heavy (non-hydrogen) atoms. The van der Waals surface area contributed by atoms with Crippen molar-refractivity contribution in [2.45, 2.75) is 196 Å². The van der Waals surface area contributed by atoms with Crippen molar-refractivity contribution in [2.24, 2.45) is 0 Å². The van der Waals surface area contributed by atoms with E-state index in [4.69, 9.17) is 42.6 Å². The summed E-state index contributed by atoms with van der Waals surface area (Å²) < 4.78 is 52.7. The van der Waals surface area contributed by atoms with Crippen molar-refractivity contribution in [3.63, 3.8) is 0 Å². The van der Waals surface area contributed by atoms with Gasteiger partial charge in [-0.05, 0) is 60.1 Å². The molecular formula is C35H63NO18S. The lowest BCUT2D eigenvalue weighted by molar-refractivity contribution is -0.387. The van der Waals surface area contributed by atoms with Crippen LogP contribution < -0.4 is 5.32 Å². The Hall–Kier alpha value is -0.860. The standard InChI is InChI=1S/C35H63NO18S/c1-14-19(36-18(37)13-35(5,6)45)23(41)29(46-7)34(48-14)53-28-22(40)17(4)49-31(26(28)44)52-27-21(39)16(3)50-32(25(27)43)54-30-24(42)20(38)15(2)51-33(30)47-11-9-8-10-12-55/h14-17,19-34,38-45,55H,8-13H2,1-7H3,(H,36,37)/t14-,15+,16+,17+,19-,20+,21+,22+,23+,24-,25-,26-,27-,28-,29-,30-,31+,32+,33-,34+/m1/s1. The van der Waals surface area contributed by atoms with Gasteiger partial charge in [0.1, 0.15) is 67.1 Å². The van der Waals surface area contributed by atoms with E-state index < -0.39 is 134 Å². The van der Waals surface area contributed by atoms with E-state index >= 15 is 0 Å². The van der Waals surface area contributed by atoms with Crippen LogP contribution in [0.15, 0.2) is 0 Å². The van der Waals surface area contributed by atoms with Gasteiger partial charge in [0, 0.05) is 13.7 Å². The van der Waals surface area contributed by atoms with Gasteiger partial charge in [-0.1, -0.05) is 6.42 Å². The van der Waals surface area contributed by atoms with Crippen molar-refractivity contribution in [3.05, 3.63) is 0 Å². The smallest absolute Gasteiger partial charge is 0.223 e. The minimum atomic E-state index is -1.77. The summed E-state index contributed by atoms with van der Waals surface area (Å²) in [4.78, 5) is 12.6. The molecule has 322 valence electrons. The molecule has 19 nitrogen and oxygen atoms in total. The summed E-state index contributed by atoms with van der Waals surface area (Å²) in [5.41, 5.74) is -1.30. The maximum Gasteiger partial charge on any atom is 0.223 e. The van der Waals surface area contributed by atoms with Crippen molar-refractivity contribution in [1.29, 1.82) is 0 Å². The molecule has 20 heteroatoms. The van der Waals surface area contributed by atoms with Crippen molar-refractivity contribution < 1.29 is 88.3 Å². The first-order valence-electron chi connectivity index (χ1n) is 18.9. The molecule has 20 atom stereocenters. The zero-order chi connectivity index (χ0) is 40.9. The van der Waals surface area contributed by atoms with Crippen LogP contribution in [0.25, 0.3) is 0 Å². The van der Waals surface area contributed by atoms with Gasteiger partial charge in [-0.25, -0.2) is 0 Å². The van der Waals surface area contributed by atoms with Gasteiger partial charge in [-0.3, -0.25) is 4.79 Å². The van der Waals surface area contributed by atoms with Crippen LogP contribution in [-0.4, -0.2) is 195 Å². The number of hydrogen-bond acceptors (Lipinski definition) is 19. The Kier molecular flexibility index (Phi) is 17.4. The first-order chi connectivity index (χ1) is 25.8. The van der Waals surface area contributed by atoms with Crippen molar-refractivity contribution in [3.8, 4) is 0 Å². The molecule has 4 aliphatic heterocycles. The number of thiol groups is 1. The number of hydrogen-bond donors (Lipinski definition) is 10. The van der Waals surface area contributed by atoms with Gasteiger partial charge in [0.05, 0.1) is 42.5 Å². The Morgan fingerprint density at radius 2 is 1.11 bits per heavy atom. The second-order valence-electron chi connectivity index (χ2n) is 15.5. The third-order valence-electron chi connectivity index (χ3n) is 10.3. The van der Waals surface area contributed by atoms with Crippen molar-refractivity contribution in [2.75, 3.05) is 19.5 Å². The minimum Gasteiger partial charge on any atom is -0.390 e. The van der Waals surface area contributed by atoms with Gasteiger partial charge in [0.2, 0.25) is 5.91 Å². The van der Waals surface area contributed by atoms with E-state index in [1.807, 2.05) is 0 Å². The summed E-state index contributed by atoms with van der Waals surface area (Å²) in [5.74, 6) is 0.179. The molecule has 1 amide bonds. The highest BCUT2D eigenvalue weighted by atomic mass is 32.1. The maximum absolute atomic E-state index is 12.6. The van der Waals surface area contributed by atoms with Gasteiger partial charge < -0.3 is 88.8 Å². The first-order valence-corrected chi connectivity index (χ1v) is 19.5. The fourth-order valence-electron chi connectivity index (χ4n) is 7.09. The van der Waals surface area contributed by atoms with Crippen molar-refractivity contribution in [1.82, 2.24) is 5.32 Å². The highest BCUT2D eigenvalue weighted by molar-refractivity contribution is 7.80. The van der Waals surface area contributed by atoms with Gasteiger partial charge >= 0.3 is 0 Å². The molecule has 0 aromatic heterocycles. The molecule has 0 spiro atoms. The average molecular weight is 818 g/mol. The van der Waals surface area contributed by atoms with Crippen molar-refractivity contribution >= 4 is 18.5 Å². The number of nitrogens with one attached hydrogen (secondary N) is 1. The van der Waals surface area contributed by atoms with Crippen LogP contribution in [0.2, 0.25) is 0 Å². The normalized spacial score (nSPS) is 45.7. The Balaban J connectivity index is 1.46. The zero-order valence-corrected chi connectivity index (χ0v) is 33.3. The third-order valence-corrected chi connectivity index (χ3v) is 10.6. The maximum atomic E-state index is 12.6. The number of carbonyl (C=O) groups is 1. The molecule has 0 saturated carbocycles. The Labute approximate surface area is 326 Å². The first kappa shape index (κ1) is 46.8. The van der Waals surface area contributed by atoms with E-state index in [1.54, 1.807) is 13.8 Å². The van der Waals surface area contributed by atoms with E-state index in [1.165, 1.54) is 34.8 Å². The lowest BCUT2D eigenvalue weighted by Crippen LogP contribution is -2.67. The summed E-state index contributed by atoms with van der Waals surface area (Å²) >= 11 is 4.21. The molecule has 4 rings (SSSR count). The molecule has 0 bridgehead atoms. The minimum absolute atomic E-state index is 0.242. The van der Waals surface area contributed by atoms with Crippen LogP contribution in [0.3, 0.4) is 0 Å². The third kappa shape index (κ3) is 11.7. The molecular weight excluding hydrogens is 754 g/mol. The van der Waals surface area contributed by atoms with E-state index in [2.05, 4.69) is 17.9 Å². The van der Waals surface area contributed by atoms with Gasteiger partial charge in [0.15, 0.2) is 25.2 Å². The zero-order valence-electron chi connectivity index (χ0n) is 32.4. The molecule has 4 heterocycles. The monoisotopic (exact) mass is 817 g/mol. The van der Waals surface area contributed by atoms with Gasteiger partial charge in [-0.2, -0.15) is 12.6 Å². The predicted octanol–water partition coefficient (Wildman–Crippen LogP) is -2.57. The number of aliphatic hydroxyl groups excluding tert-OH is 7. The Bertz CT molecular complexity index is 1190. The lowest BCUT2D eigenvalue weighted by atomic mass is 9.94. The topological polar surface area (TPSA) is 274 Å². The van der Waals surface area contributed by atoms with E-state index in [-0.39, 0.29) is 13.0 Å². The summed E-state index contributed by atoms with van der Waals surface area (Å²) in [7, 11) is 1.28. The van der Waals surface area contributed by atoms with Crippen LogP contribution in [0.1, 0.15) is 67.2 Å². The summed E-state index contributed by atoms with van der Waals surface area (Å²) in [6, 6.07) is -0.967. The quantitative estimate of drug-likeness (QED) is 0.0566. The van der Waals surface area contributed by atoms with Crippen LogP contribution in [0.4, 0.5) is 0 Å². The fourth-order valence-corrected chi connectivity index (χ4v) is 7.31. The summed E-state index contributed by atoms with van der Waals surface area (Å²) in [5, 5.41) is 90.5. The second-order valence-corrected chi connectivity index (χ2v) is 16.0. The highest BCUT2D eigenvalue weighted by Crippen LogP contribution is 2.35. The largest absolute Gasteiger partial charge is 0.390 e. The molecule has 4 saturated heterocycles. The average Bonchev–Trinajstić information content (AvgIpc) is 3.10. The number of amides is 1. The van der Waals surface area contributed by atoms with Crippen LogP contribution in [0, 0.1) is 0 Å². The number of rotatable bonds is 16. The SMILES string of the molecule is CO[C@H]1[C@H](O[C@@H]2[C@@H](O)[C@H](C)O[C@@H](O[C@@H]3[C@@H](O)[C@H](C)O[C@@H](O[C@H]4[C@H](OCCCCCS)O[C@@H](C)[C@H](O)[C@H]4O)[C@@H]3O)[C@@H]2O)O[C@H](C)[C@@H](NC(=O)CC(C)(C)O)[C@@H]1O. The molecule has 0 aliphatic carbocycles. The van der Waals surface area contributed by atoms with E-state index in [9.17, 15) is 45.6 Å². The molecule has 4 fully saturated rings. The van der Waals surface area contributed by atoms with E-state index in [0.29, 0.717) is 6.42 Å². The molecule has 9 N–H and O–H groups in total. The number of carbonyl (C=O) groups excluding carboxylic acids is 1. The lowest BCUT2D eigenvalue weighted by Gasteiger charge is -2.49. The second kappa shape index (κ2) is 20.4. The number of unbranched alkanes of at least 4 members (excludes halogenated alkanes) is 2. The number of ether oxygens (including phenoxy) is 9. The van der Waals surface area contributed by atoms with Crippen LogP contribution in [-0.2, 0) is 47.4 Å². The van der Waals surface area contributed by atoms with Gasteiger partial charge in [0.25, 0.3) is 0 Å². The Morgan fingerprint density at radius 1 is 0.618 bits per heavy atom. The summed E-state index contributed by atoms with van der Waals surface area (Å²) in [6.45, 7) is 9.28. The highest BCUT2D eigenvalue weighted by Gasteiger charge is 2.54. The number of methoxy groups -OCH3 is 1. The van der Waals surface area contributed by atoms with Gasteiger partial charge in [-0.15, -0.1) is 0 Å². The van der Waals surface area contributed by atoms with Crippen LogP contribution >= 0.6 is 12.6 Å².